The van der Waals surface area contributed by atoms with Crippen LogP contribution in [0.25, 0.3) is 0 Å². The number of carbonyl (C=O) groups excluding carboxylic acids is 1. The Morgan fingerprint density at radius 2 is 1.80 bits per heavy atom. The average molecular weight is 347 g/mol. The van der Waals surface area contributed by atoms with Crippen molar-refractivity contribution in [2.75, 3.05) is 26.2 Å². The Balaban J connectivity index is 2.19. The molecular formula is C16H17N3O6. The van der Waals surface area contributed by atoms with Crippen molar-refractivity contribution >= 4 is 17.5 Å². The molecule has 132 valence electrons. The van der Waals surface area contributed by atoms with Gasteiger partial charge < -0.3 is 14.2 Å². The van der Waals surface area contributed by atoms with E-state index in [1.165, 1.54) is 50.7 Å². The number of benzene rings is 1. The second-order valence-electron chi connectivity index (χ2n) is 4.91. The molecule has 9 nitrogen and oxygen atoms in total. The van der Waals surface area contributed by atoms with Crippen LogP contribution in [-0.4, -0.2) is 37.3 Å². The van der Waals surface area contributed by atoms with Crippen molar-refractivity contribution in [1.82, 2.24) is 4.98 Å². The lowest BCUT2D eigenvalue weighted by molar-refractivity contribution is -0.385. The lowest BCUT2D eigenvalue weighted by Gasteiger charge is -2.17. The van der Waals surface area contributed by atoms with E-state index < -0.39 is 11.0 Å². The Bertz CT molecular complexity index is 766. The van der Waals surface area contributed by atoms with Crippen LogP contribution in [0.2, 0.25) is 0 Å². The summed E-state index contributed by atoms with van der Waals surface area (Å²) in [6.07, 6.45) is 2.42. The van der Waals surface area contributed by atoms with Crippen LogP contribution in [0.4, 0.5) is 16.2 Å². The molecule has 2 aromatic rings. The first-order chi connectivity index (χ1) is 12.0. The van der Waals surface area contributed by atoms with Crippen LogP contribution in [0.5, 0.6) is 11.5 Å². The van der Waals surface area contributed by atoms with Crippen LogP contribution in [0.3, 0.4) is 0 Å². The first-order valence-corrected chi connectivity index (χ1v) is 7.17. The van der Waals surface area contributed by atoms with E-state index in [0.29, 0.717) is 11.4 Å². The van der Waals surface area contributed by atoms with Gasteiger partial charge in [-0.15, -0.1) is 0 Å². The maximum absolute atomic E-state index is 12.1. The van der Waals surface area contributed by atoms with E-state index in [4.69, 9.17) is 14.2 Å². The molecule has 1 amide bonds. The summed E-state index contributed by atoms with van der Waals surface area (Å²) in [7, 11) is 4.32. The zero-order valence-electron chi connectivity index (χ0n) is 14.0. The van der Waals surface area contributed by atoms with E-state index in [1.54, 1.807) is 12.1 Å². The van der Waals surface area contributed by atoms with E-state index in [9.17, 15) is 14.9 Å². The fourth-order valence-corrected chi connectivity index (χ4v) is 2.11. The van der Waals surface area contributed by atoms with Gasteiger partial charge in [0.25, 0.3) is 5.69 Å². The monoisotopic (exact) mass is 347 g/mol. The van der Waals surface area contributed by atoms with Crippen molar-refractivity contribution in [3.63, 3.8) is 0 Å². The summed E-state index contributed by atoms with van der Waals surface area (Å²) in [5, 5.41) is 11.2. The third-order valence-electron chi connectivity index (χ3n) is 3.46. The molecule has 2 rings (SSSR count). The zero-order valence-corrected chi connectivity index (χ0v) is 14.0. The highest BCUT2D eigenvalue weighted by molar-refractivity contribution is 5.86. The maximum Gasteiger partial charge on any atom is 0.414 e. The number of nitro groups is 1. The molecular weight excluding hydrogens is 330 g/mol. The number of hydrogen-bond donors (Lipinski definition) is 0. The molecule has 0 fully saturated rings. The summed E-state index contributed by atoms with van der Waals surface area (Å²) >= 11 is 0. The predicted molar refractivity (Wildman–Crippen MR) is 89.0 cm³/mol. The van der Waals surface area contributed by atoms with Gasteiger partial charge >= 0.3 is 6.09 Å². The first-order valence-electron chi connectivity index (χ1n) is 7.17. The Hall–Kier alpha value is -3.36. The van der Waals surface area contributed by atoms with Crippen LogP contribution in [-0.2, 0) is 11.3 Å². The van der Waals surface area contributed by atoms with Crippen molar-refractivity contribution in [2.24, 2.45) is 0 Å². The number of nitro benzene ring substituents is 1. The number of pyridine rings is 1. The second kappa shape index (κ2) is 7.95. The topological polar surface area (TPSA) is 104 Å². The van der Waals surface area contributed by atoms with E-state index in [0.717, 1.165) is 0 Å². The molecule has 0 saturated carbocycles. The van der Waals surface area contributed by atoms with Gasteiger partial charge in [-0.2, -0.15) is 0 Å². The Morgan fingerprint density at radius 3 is 2.36 bits per heavy atom. The van der Waals surface area contributed by atoms with Gasteiger partial charge in [0.1, 0.15) is 6.61 Å². The number of anilines is 1. The number of rotatable bonds is 6. The molecule has 0 bridgehead atoms. The van der Waals surface area contributed by atoms with Gasteiger partial charge in [0.05, 0.1) is 30.8 Å². The summed E-state index contributed by atoms with van der Waals surface area (Å²) in [4.78, 5) is 27.9. The molecule has 9 heteroatoms. The van der Waals surface area contributed by atoms with Gasteiger partial charge in [-0.1, -0.05) is 0 Å². The standard InChI is InChI=1S/C16H17N3O6/c1-18(12-4-6-17-7-5-12)16(20)25-10-11-8-14(23-2)15(24-3)9-13(11)19(21)22/h4-9H,10H2,1-3H3. The van der Waals surface area contributed by atoms with Crippen molar-refractivity contribution in [3.8, 4) is 11.5 Å². The Morgan fingerprint density at radius 1 is 1.20 bits per heavy atom. The molecule has 0 saturated heterocycles. The second-order valence-corrected chi connectivity index (χ2v) is 4.91. The highest BCUT2D eigenvalue weighted by Crippen LogP contribution is 2.34. The van der Waals surface area contributed by atoms with Gasteiger partial charge in [0, 0.05) is 25.1 Å². The number of hydrogen-bond acceptors (Lipinski definition) is 7. The molecule has 1 aromatic carbocycles. The van der Waals surface area contributed by atoms with Crippen molar-refractivity contribution in [2.45, 2.75) is 6.61 Å². The molecule has 0 atom stereocenters. The number of amides is 1. The number of ether oxygens (including phenoxy) is 3. The van der Waals surface area contributed by atoms with E-state index >= 15 is 0 Å². The first kappa shape index (κ1) is 18.0. The predicted octanol–water partition coefficient (Wildman–Crippen LogP) is 2.78. The molecule has 1 heterocycles. The molecule has 0 radical (unpaired) electrons. The normalized spacial score (nSPS) is 10.0. The zero-order chi connectivity index (χ0) is 18.4. The van der Waals surface area contributed by atoms with Crippen LogP contribution in [0.15, 0.2) is 36.7 Å². The number of nitrogens with zero attached hydrogens (tertiary/aromatic N) is 3. The van der Waals surface area contributed by atoms with Crippen LogP contribution in [0.1, 0.15) is 5.56 Å². The largest absolute Gasteiger partial charge is 0.493 e. The molecule has 0 aliphatic heterocycles. The lowest BCUT2D eigenvalue weighted by atomic mass is 10.1. The number of carbonyl (C=O) groups is 1. The fourth-order valence-electron chi connectivity index (χ4n) is 2.11. The smallest absolute Gasteiger partial charge is 0.414 e. The number of methoxy groups -OCH3 is 2. The van der Waals surface area contributed by atoms with Crippen LogP contribution in [0, 0.1) is 10.1 Å². The summed E-state index contributed by atoms with van der Waals surface area (Å²) in [6, 6.07) is 5.92. The van der Waals surface area contributed by atoms with E-state index in [2.05, 4.69) is 4.98 Å². The van der Waals surface area contributed by atoms with E-state index in [-0.39, 0.29) is 23.6 Å². The molecule has 0 unspecified atom stereocenters. The van der Waals surface area contributed by atoms with Gasteiger partial charge in [-0.05, 0) is 18.2 Å². The highest BCUT2D eigenvalue weighted by atomic mass is 16.6. The van der Waals surface area contributed by atoms with Crippen molar-refractivity contribution in [1.29, 1.82) is 0 Å². The van der Waals surface area contributed by atoms with E-state index in [1.807, 2.05) is 0 Å². The SMILES string of the molecule is COc1cc(COC(=O)N(C)c2ccncc2)c([N+](=O)[O-])cc1OC. The Kier molecular flexibility index (Phi) is 5.72. The summed E-state index contributed by atoms with van der Waals surface area (Å²) in [6.45, 7) is -0.287. The number of aromatic nitrogens is 1. The summed E-state index contributed by atoms with van der Waals surface area (Å²) in [5.74, 6) is 0.528. The minimum atomic E-state index is -0.657. The molecule has 0 spiro atoms. The van der Waals surface area contributed by atoms with Gasteiger partial charge in [0.15, 0.2) is 11.5 Å². The highest BCUT2D eigenvalue weighted by Gasteiger charge is 2.21. The van der Waals surface area contributed by atoms with Crippen LogP contribution >= 0.6 is 0 Å². The third kappa shape index (κ3) is 4.14. The minimum Gasteiger partial charge on any atom is -0.493 e. The molecule has 0 aliphatic carbocycles. The van der Waals surface area contributed by atoms with Gasteiger partial charge in [-0.3, -0.25) is 20.0 Å². The summed E-state index contributed by atoms with van der Waals surface area (Å²) in [5.41, 5.74) is 0.554. The molecule has 1 aromatic heterocycles. The minimum absolute atomic E-state index is 0.194. The Labute approximate surface area is 143 Å². The molecule has 25 heavy (non-hydrogen) atoms. The fraction of sp³-hybridized carbons (Fsp3) is 0.250. The maximum atomic E-state index is 12.1. The van der Waals surface area contributed by atoms with Crippen molar-refractivity contribution in [3.05, 3.63) is 52.3 Å². The lowest BCUT2D eigenvalue weighted by Crippen LogP contribution is -2.27. The van der Waals surface area contributed by atoms with Gasteiger partial charge in [-0.25, -0.2) is 4.79 Å². The van der Waals surface area contributed by atoms with Crippen molar-refractivity contribution < 1.29 is 23.9 Å². The molecule has 0 N–H and O–H groups in total. The third-order valence-corrected chi connectivity index (χ3v) is 3.46. The molecule has 0 aliphatic rings. The van der Waals surface area contributed by atoms with Crippen LogP contribution < -0.4 is 14.4 Å². The quantitative estimate of drug-likeness (QED) is 0.584. The summed E-state index contributed by atoms with van der Waals surface area (Å²) < 4.78 is 15.4. The average Bonchev–Trinajstić information content (AvgIpc) is 2.65. The van der Waals surface area contributed by atoms with Gasteiger partial charge in [0.2, 0.25) is 0 Å².